The monoisotopic (exact) mass is 395 g/mol. The molecule has 0 fully saturated rings. The van der Waals surface area contributed by atoms with Crippen molar-refractivity contribution in [1.29, 1.82) is 0 Å². The van der Waals surface area contributed by atoms with E-state index in [-0.39, 0.29) is 19.3 Å². The number of phenols is 1. The number of benzene rings is 1. The lowest BCUT2D eigenvalue weighted by atomic mass is 9.76. The summed E-state index contributed by atoms with van der Waals surface area (Å²) < 4.78 is 10.3. The second-order valence-corrected chi connectivity index (χ2v) is 10.5. The molecule has 0 saturated heterocycles. The summed E-state index contributed by atoms with van der Waals surface area (Å²) in [4.78, 5) is 0. The molecule has 0 saturated carbocycles. The van der Waals surface area contributed by atoms with Gasteiger partial charge in [-0.15, -0.1) is 0 Å². The zero-order valence-electron chi connectivity index (χ0n) is 19.3. The molecule has 0 aliphatic rings. The Morgan fingerprint density at radius 3 is 1.56 bits per heavy atom. The minimum atomic E-state index is -0.102. The van der Waals surface area contributed by atoms with Gasteiger partial charge in [0.25, 0.3) is 0 Å². The van der Waals surface area contributed by atoms with Crippen LogP contribution in [0.3, 0.4) is 0 Å². The van der Waals surface area contributed by atoms with Gasteiger partial charge >= 0.3 is 8.46 Å². The van der Waals surface area contributed by atoms with Gasteiger partial charge in [-0.1, -0.05) is 104 Å². The van der Waals surface area contributed by atoms with Crippen LogP contribution in [0, 0.1) is 5.41 Å². The first-order valence-electron chi connectivity index (χ1n) is 10.6. The Balaban J connectivity index is 0.000000516. The molecule has 0 bridgehead atoms. The number of para-hydroxylation sites is 1. The molecule has 1 rings (SSSR count). The molecule has 156 valence electrons. The van der Waals surface area contributed by atoms with Crippen LogP contribution in [0.15, 0.2) is 18.2 Å². The largest absolute Gasteiger partial charge is 0.507 e. The zero-order valence-corrected chi connectivity index (χ0v) is 20.3. The summed E-state index contributed by atoms with van der Waals surface area (Å²) in [7, 11) is -0.102. The van der Waals surface area contributed by atoms with Crippen molar-refractivity contribution < 1.29 is 9.67 Å². The summed E-state index contributed by atoms with van der Waals surface area (Å²) in [5.41, 5.74) is 2.57. The summed E-state index contributed by atoms with van der Waals surface area (Å²) in [6.07, 6.45) is 7.08. The highest BCUT2D eigenvalue weighted by atomic mass is 31.1. The first-order valence-corrected chi connectivity index (χ1v) is 11.7. The van der Waals surface area contributed by atoms with E-state index in [1.165, 1.54) is 25.7 Å². The fourth-order valence-corrected chi connectivity index (χ4v) is 3.89. The third-order valence-electron chi connectivity index (χ3n) is 5.89. The molecular formula is C24H44O2P+. The van der Waals surface area contributed by atoms with E-state index in [1.54, 1.807) is 0 Å². The molecule has 0 aromatic heterocycles. The maximum Gasteiger partial charge on any atom is 0.324 e. The van der Waals surface area contributed by atoms with Crippen molar-refractivity contribution >= 4 is 8.46 Å². The van der Waals surface area contributed by atoms with Crippen LogP contribution < -0.4 is 0 Å². The van der Waals surface area contributed by atoms with Crippen molar-refractivity contribution in [3.8, 4) is 5.75 Å². The third-order valence-corrected chi connectivity index (χ3v) is 6.45. The molecule has 1 unspecified atom stereocenters. The van der Waals surface area contributed by atoms with Gasteiger partial charge in [-0.2, -0.15) is 0 Å². The van der Waals surface area contributed by atoms with Gasteiger partial charge in [0.05, 0.1) is 0 Å². The average Bonchev–Trinajstić information content (AvgIpc) is 2.58. The molecule has 3 heteroatoms. The average molecular weight is 396 g/mol. The third kappa shape index (κ3) is 8.34. The number of phenolic OH excluding ortho intramolecular Hbond substituents is 1. The molecule has 0 aliphatic carbocycles. The summed E-state index contributed by atoms with van der Waals surface area (Å²) in [6, 6.07) is 6.04. The van der Waals surface area contributed by atoms with E-state index >= 15 is 0 Å². The topological polar surface area (TPSA) is 37.3 Å². The smallest absolute Gasteiger partial charge is 0.324 e. The molecule has 1 aromatic carbocycles. The molecule has 1 N–H and O–H groups in total. The highest BCUT2D eigenvalue weighted by molar-refractivity contribution is 7.23. The summed E-state index contributed by atoms with van der Waals surface area (Å²) >= 11 is 0. The Morgan fingerprint density at radius 1 is 0.852 bits per heavy atom. The fourth-order valence-electron chi connectivity index (χ4n) is 3.57. The first-order chi connectivity index (χ1) is 12.4. The van der Waals surface area contributed by atoms with Crippen molar-refractivity contribution in [2.45, 2.75) is 105 Å². The number of aromatic hydroxyl groups is 1. The van der Waals surface area contributed by atoms with Gasteiger partial charge in [-0.25, -0.2) is 0 Å². The zero-order chi connectivity index (χ0) is 21.3. The second-order valence-electron chi connectivity index (χ2n) is 9.76. The predicted molar refractivity (Wildman–Crippen MR) is 122 cm³/mol. The number of hydrogen-bond donors (Lipinski definition) is 1. The lowest BCUT2D eigenvalue weighted by molar-refractivity contribution is 0.227. The highest BCUT2D eigenvalue weighted by Gasteiger charge is 2.25. The van der Waals surface area contributed by atoms with Gasteiger partial charge in [0.2, 0.25) is 0 Å². The van der Waals surface area contributed by atoms with Crippen LogP contribution in [0.5, 0.6) is 5.75 Å². The van der Waals surface area contributed by atoms with Crippen LogP contribution in [0.25, 0.3) is 0 Å². The Hall–Kier alpha value is -0.880. The minimum Gasteiger partial charge on any atom is -0.507 e. The van der Waals surface area contributed by atoms with E-state index in [2.05, 4.69) is 62.3 Å². The number of rotatable bonds is 7. The lowest BCUT2D eigenvalue weighted by Gasteiger charge is -2.29. The molecule has 0 aliphatic heterocycles. The van der Waals surface area contributed by atoms with Gasteiger partial charge in [-0.05, 0) is 40.2 Å². The van der Waals surface area contributed by atoms with Gasteiger partial charge in [0.1, 0.15) is 11.9 Å². The summed E-state index contributed by atoms with van der Waals surface area (Å²) in [5.74, 6) is 0.456. The van der Waals surface area contributed by atoms with E-state index in [0.717, 1.165) is 23.7 Å². The van der Waals surface area contributed by atoms with Gasteiger partial charge in [0.15, 0.2) is 0 Å². The molecule has 0 amide bonds. The van der Waals surface area contributed by atoms with Gasteiger partial charge in [-0.3, -0.25) is 0 Å². The summed E-state index contributed by atoms with van der Waals surface area (Å²) in [6.45, 7) is 19.5. The molecule has 1 atom stereocenters. The van der Waals surface area contributed by atoms with Crippen LogP contribution in [0.1, 0.15) is 106 Å². The van der Waals surface area contributed by atoms with Crippen LogP contribution in [0.4, 0.5) is 0 Å². The van der Waals surface area contributed by atoms with Gasteiger partial charge in [0, 0.05) is 0 Å². The molecular weight excluding hydrogens is 351 g/mol. The Bertz CT molecular complexity index is 520. The van der Waals surface area contributed by atoms with Crippen LogP contribution in [-0.4, -0.2) is 11.3 Å². The van der Waals surface area contributed by atoms with Gasteiger partial charge < -0.3 is 5.11 Å². The quantitative estimate of drug-likeness (QED) is 0.375. The molecule has 1 aromatic rings. The van der Waals surface area contributed by atoms with E-state index in [9.17, 15) is 9.67 Å². The van der Waals surface area contributed by atoms with E-state index in [1.807, 2.05) is 18.2 Å². The van der Waals surface area contributed by atoms with E-state index in [4.69, 9.17) is 0 Å². The van der Waals surface area contributed by atoms with Crippen LogP contribution in [0.2, 0.25) is 0 Å². The molecule has 27 heavy (non-hydrogen) atoms. The van der Waals surface area contributed by atoms with Crippen molar-refractivity contribution in [1.82, 2.24) is 0 Å². The molecule has 2 nitrogen and oxygen atoms in total. The molecule has 0 heterocycles. The minimum absolute atomic E-state index is 0.00859. The van der Waals surface area contributed by atoms with E-state index in [0.29, 0.717) is 11.2 Å². The predicted octanol–water partition coefficient (Wildman–Crippen LogP) is 7.99. The Labute approximate surface area is 170 Å². The van der Waals surface area contributed by atoms with Crippen molar-refractivity contribution in [3.05, 3.63) is 29.3 Å². The van der Waals surface area contributed by atoms with Crippen molar-refractivity contribution in [2.75, 3.05) is 6.16 Å². The highest BCUT2D eigenvalue weighted by Crippen LogP contribution is 2.38. The van der Waals surface area contributed by atoms with Crippen LogP contribution in [-0.2, 0) is 15.4 Å². The molecule has 0 radical (unpaired) electrons. The standard InChI is InChI=1S/C14H22O.C10H21OP/c1-13(2,3)10-8-7-9-11(12(10)15)14(4,5)6;1-4-10(5-2,6-3)8-7-9-12-11/h7-9,15H,1-6H3;4-9H2,1-3H3/p+1. The fraction of sp³-hybridized carbons (Fsp3) is 0.750. The second kappa shape index (κ2) is 11.2. The normalized spacial score (nSPS) is 12.6. The maximum atomic E-state index is 10.3. The van der Waals surface area contributed by atoms with E-state index < -0.39 is 0 Å². The first kappa shape index (κ1) is 26.1. The summed E-state index contributed by atoms with van der Waals surface area (Å²) in [5, 5.41) is 10.3. The lowest BCUT2D eigenvalue weighted by Crippen LogP contribution is -2.17. The van der Waals surface area contributed by atoms with Crippen LogP contribution >= 0.6 is 8.46 Å². The van der Waals surface area contributed by atoms with Crippen molar-refractivity contribution in [3.63, 3.8) is 0 Å². The maximum absolute atomic E-state index is 10.3. The van der Waals surface area contributed by atoms with Crippen molar-refractivity contribution in [2.24, 2.45) is 5.41 Å². The number of hydrogen-bond acceptors (Lipinski definition) is 2. The SMILES string of the molecule is CC(C)(C)c1cccc(C(C)(C)C)c1O.CCC(CC)(CC)CCC[PH+]=O. The Morgan fingerprint density at radius 2 is 1.26 bits per heavy atom. The molecule has 0 spiro atoms. The Kier molecular flexibility index (Phi) is 10.8.